The van der Waals surface area contributed by atoms with Crippen molar-refractivity contribution < 1.29 is 4.39 Å². The number of halogens is 1. The van der Waals surface area contributed by atoms with Gasteiger partial charge >= 0.3 is 0 Å². The number of nitrogens with zero attached hydrogens (tertiary/aromatic N) is 3. The number of aromatic nitrogens is 3. The molecular weight excluding hydrogens is 275 g/mol. The van der Waals surface area contributed by atoms with Crippen LogP contribution in [0.15, 0.2) is 30.5 Å². The molecule has 0 bridgehead atoms. The van der Waals surface area contributed by atoms with Gasteiger partial charge in [-0.05, 0) is 36.1 Å². The van der Waals surface area contributed by atoms with Gasteiger partial charge < -0.3 is 5.73 Å². The van der Waals surface area contributed by atoms with Gasteiger partial charge in [0.25, 0.3) is 0 Å². The molecule has 2 aromatic heterocycles. The first kappa shape index (κ1) is 13.2. The summed E-state index contributed by atoms with van der Waals surface area (Å²) in [5.41, 5.74) is 7.20. The lowest BCUT2D eigenvalue weighted by Crippen LogP contribution is -2.16. The molecule has 0 saturated heterocycles. The Morgan fingerprint density at radius 1 is 1.40 bits per heavy atom. The molecule has 4 nitrogen and oxygen atoms in total. The largest absolute Gasteiger partial charge is 0.318 e. The Morgan fingerprint density at radius 3 is 3.05 bits per heavy atom. The number of rotatable bonds is 4. The van der Waals surface area contributed by atoms with Crippen molar-refractivity contribution in [1.29, 1.82) is 0 Å². The average Bonchev–Trinajstić information content (AvgIpc) is 3.04. The van der Waals surface area contributed by atoms with Crippen LogP contribution >= 0.6 is 11.3 Å². The minimum Gasteiger partial charge on any atom is -0.318 e. The highest BCUT2D eigenvalue weighted by Gasteiger charge is 2.17. The van der Waals surface area contributed by atoms with Crippen molar-refractivity contribution in [3.63, 3.8) is 0 Å². The second-order valence-electron chi connectivity index (χ2n) is 4.69. The predicted octanol–water partition coefficient (Wildman–Crippen LogP) is 3.09. The quantitative estimate of drug-likeness (QED) is 0.803. The van der Waals surface area contributed by atoms with Crippen LogP contribution in [0.25, 0.3) is 10.1 Å². The van der Waals surface area contributed by atoms with Crippen LogP contribution < -0.4 is 5.73 Å². The van der Waals surface area contributed by atoms with Gasteiger partial charge in [0.2, 0.25) is 0 Å². The van der Waals surface area contributed by atoms with Gasteiger partial charge in [-0.25, -0.2) is 9.07 Å². The Labute approximate surface area is 120 Å². The Morgan fingerprint density at radius 2 is 2.25 bits per heavy atom. The van der Waals surface area contributed by atoms with Crippen molar-refractivity contribution in [2.75, 3.05) is 0 Å². The van der Waals surface area contributed by atoms with Crippen LogP contribution in [0.4, 0.5) is 4.39 Å². The molecule has 3 aromatic rings. The number of benzene rings is 1. The first-order valence-corrected chi connectivity index (χ1v) is 7.33. The Balaban J connectivity index is 1.99. The molecule has 20 heavy (non-hydrogen) atoms. The highest BCUT2D eigenvalue weighted by atomic mass is 32.1. The predicted molar refractivity (Wildman–Crippen MR) is 78.1 cm³/mol. The zero-order valence-electron chi connectivity index (χ0n) is 11.1. The molecule has 2 heterocycles. The van der Waals surface area contributed by atoms with Gasteiger partial charge in [-0.1, -0.05) is 12.1 Å². The Hall–Kier alpha value is -1.79. The molecule has 0 aliphatic rings. The highest BCUT2D eigenvalue weighted by molar-refractivity contribution is 7.19. The van der Waals surface area contributed by atoms with Crippen LogP contribution in [0.1, 0.15) is 30.0 Å². The van der Waals surface area contributed by atoms with Crippen molar-refractivity contribution in [3.05, 3.63) is 46.9 Å². The maximum absolute atomic E-state index is 13.2. The van der Waals surface area contributed by atoms with Gasteiger partial charge in [0.1, 0.15) is 5.82 Å². The number of hydrogen-bond donors (Lipinski definition) is 1. The molecular formula is C14H15FN4S. The summed E-state index contributed by atoms with van der Waals surface area (Å²) in [6, 6.07) is 6.45. The number of hydrogen-bond acceptors (Lipinski definition) is 4. The molecule has 0 aliphatic heterocycles. The summed E-state index contributed by atoms with van der Waals surface area (Å²) in [5, 5.41) is 8.87. The van der Waals surface area contributed by atoms with E-state index >= 15 is 0 Å². The minimum absolute atomic E-state index is 0.229. The van der Waals surface area contributed by atoms with E-state index < -0.39 is 0 Å². The molecule has 0 spiro atoms. The maximum Gasteiger partial charge on any atom is 0.123 e. The van der Waals surface area contributed by atoms with E-state index in [0.717, 1.165) is 33.6 Å². The van der Waals surface area contributed by atoms with E-state index in [0.29, 0.717) is 0 Å². The first-order valence-electron chi connectivity index (χ1n) is 6.52. The van der Waals surface area contributed by atoms with Crippen LogP contribution in [-0.4, -0.2) is 15.0 Å². The lowest BCUT2D eigenvalue weighted by Gasteiger charge is -2.10. The second-order valence-corrected chi connectivity index (χ2v) is 5.81. The molecule has 104 valence electrons. The molecule has 1 aromatic carbocycles. The fraction of sp³-hybridized carbons (Fsp3) is 0.286. The highest BCUT2D eigenvalue weighted by Crippen LogP contribution is 2.32. The maximum atomic E-state index is 13.2. The topological polar surface area (TPSA) is 56.7 Å². The molecule has 3 rings (SSSR count). The van der Waals surface area contributed by atoms with Crippen LogP contribution in [-0.2, 0) is 6.54 Å². The molecule has 0 fully saturated rings. The summed E-state index contributed by atoms with van der Waals surface area (Å²) in [4.78, 5) is 0.991. The number of fused-ring (bicyclic) bond motifs is 1. The number of nitrogens with two attached hydrogens (primary N) is 1. The summed E-state index contributed by atoms with van der Waals surface area (Å²) in [6.45, 7) is 2.88. The van der Waals surface area contributed by atoms with E-state index in [1.54, 1.807) is 23.6 Å². The van der Waals surface area contributed by atoms with E-state index in [1.165, 1.54) is 12.1 Å². The summed E-state index contributed by atoms with van der Waals surface area (Å²) in [5.74, 6) is -0.229. The van der Waals surface area contributed by atoms with Crippen LogP contribution in [0, 0.1) is 5.82 Å². The standard InChI is InChI=1S/C14H15FN4S/c1-2-5-19-11(8-17-18-19)14(16)13-7-9-6-10(15)3-4-12(9)20-13/h3-4,6-8,14H,2,5,16H2,1H3. The fourth-order valence-corrected chi connectivity index (χ4v) is 3.29. The lowest BCUT2D eigenvalue weighted by atomic mass is 10.1. The summed E-state index contributed by atoms with van der Waals surface area (Å²) < 4.78 is 16.1. The molecule has 0 aliphatic carbocycles. The average molecular weight is 290 g/mol. The van der Waals surface area contributed by atoms with Gasteiger partial charge in [-0.3, -0.25) is 0 Å². The molecule has 6 heteroatoms. The third-order valence-corrected chi connectivity index (χ3v) is 4.40. The zero-order valence-corrected chi connectivity index (χ0v) is 11.9. The fourth-order valence-electron chi connectivity index (χ4n) is 2.23. The normalized spacial score (nSPS) is 12.9. The van der Waals surface area contributed by atoms with Gasteiger partial charge in [0.15, 0.2) is 0 Å². The number of aryl methyl sites for hydroxylation is 1. The molecule has 2 N–H and O–H groups in total. The zero-order chi connectivity index (χ0) is 14.1. The number of thiophene rings is 1. The van der Waals surface area contributed by atoms with E-state index in [1.807, 2.05) is 10.7 Å². The van der Waals surface area contributed by atoms with Crippen LogP contribution in [0.2, 0.25) is 0 Å². The molecule has 1 unspecified atom stereocenters. The minimum atomic E-state index is -0.281. The van der Waals surface area contributed by atoms with Crippen LogP contribution in [0.5, 0.6) is 0 Å². The SMILES string of the molecule is CCCn1nncc1C(N)c1cc2cc(F)ccc2s1. The molecule has 0 radical (unpaired) electrons. The van der Waals surface area contributed by atoms with E-state index in [9.17, 15) is 4.39 Å². The van der Waals surface area contributed by atoms with Crippen LogP contribution in [0.3, 0.4) is 0 Å². The monoisotopic (exact) mass is 290 g/mol. The van der Waals surface area contributed by atoms with Crippen molar-refractivity contribution in [1.82, 2.24) is 15.0 Å². The van der Waals surface area contributed by atoms with E-state index in [4.69, 9.17) is 5.73 Å². The van der Waals surface area contributed by atoms with Gasteiger partial charge in [0, 0.05) is 16.1 Å². The smallest absolute Gasteiger partial charge is 0.123 e. The summed E-state index contributed by atoms with van der Waals surface area (Å²) >= 11 is 1.58. The Kier molecular flexibility index (Phi) is 3.50. The van der Waals surface area contributed by atoms with E-state index in [-0.39, 0.29) is 11.9 Å². The van der Waals surface area contributed by atoms with Crippen molar-refractivity contribution in [2.45, 2.75) is 25.9 Å². The summed E-state index contributed by atoms with van der Waals surface area (Å²) in [7, 11) is 0. The van der Waals surface area contributed by atoms with Gasteiger partial charge in [-0.2, -0.15) is 0 Å². The van der Waals surface area contributed by atoms with E-state index in [2.05, 4.69) is 17.2 Å². The summed E-state index contributed by atoms with van der Waals surface area (Å²) in [6.07, 6.45) is 2.67. The van der Waals surface area contributed by atoms with Gasteiger partial charge in [-0.15, -0.1) is 16.4 Å². The Bertz CT molecular complexity index is 734. The molecule has 0 amide bonds. The third-order valence-electron chi connectivity index (χ3n) is 3.21. The first-order chi connectivity index (χ1) is 9.69. The van der Waals surface area contributed by atoms with Crippen molar-refractivity contribution in [3.8, 4) is 0 Å². The molecule has 1 atom stereocenters. The van der Waals surface area contributed by atoms with Crippen molar-refractivity contribution >= 4 is 21.4 Å². The molecule has 0 saturated carbocycles. The van der Waals surface area contributed by atoms with Gasteiger partial charge in [0.05, 0.1) is 17.9 Å². The second kappa shape index (κ2) is 5.30. The third kappa shape index (κ3) is 2.32. The lowest BCUT2D eigenvalue weighted by molar-refractivity contribution is 0.545. The van der Waals surface area contributed by atoms with Crippen molar-refractivity contribution in [2.24, 2.45) is 5.73 Å².